The predicted octanol–water partition coefficient (Wildman–Crippen LogP) is 4.52. The molecule has 6 nitrogen and oxygen atoms in total. The highest BCUT2D eigenvalue weighted by molar-refractivity contribution is 6.03. The highest BCUT2D eigenvalue weighted by Gasteiger charge is 2.30. The number of fused-ring (bicyclic) bond motifs is 1. The molecule has 0 radical (unpaired) electrons. The van der Waals surface area contributed by atoms with E-state index < -0.39 is 30.2 Å². The smallest absolute Gasteiger partial charge is 0.416 e. The quantitative estimate of drug-likeness (QED) is 0.490. The fraction of sp³-hybridized carbons (Fsp3) is 0.0952. The van der Waals surface area contributed by atoms with Gasteiger partial charge in [-0.2, -0.15) is 18.4 Å². The lowest BCUT2D eigenvalue weighted by atomic mass is 10.1. The van der Waals surface area contributed by atoms with E-state index in [4.69, 9.17) is 14.4 Å². The lowest BCUT2D eigenvalue weighted by Crippen LogP contribution is -2.20. The van der Waals surface area contributed by atoms with Gasteiger partial charge in [-0.3, -0.25) is 4.79 Å². The van der Waals surface area contributed by atoms with Crippen LogP contribution < -0.4 is 5.32 Å². The van der Waals surface area contributed by atoms with Crippen LogP contribution in [0.1, 0.15) is 16.9 Å². The molecule has 1 aromatic heterocycles. The topological polar surface area (TPSA) is 92.3 Å². The number of amides is 1. The number of hydrogen-bond donors (Lipinski definition) is 1. The number of carbonyl (C=O) groups is 2. The van der Waals surface area contributed by atoms with Crippen molar-refractivity contribution in [2.75, 3.05) is 11.9 Å². The van der Waals surface area contributed by atoms with Crippen LogP contribution in [0.2, 0.25) is 0 Å². The average molecular weight is 414 g/mol. The van der Waals surface area contributed by atoms with Gasteiger partial charge in [0.2, 0.25) is 5.76 Å². The summed E-state index contributed by atoms with van der Waals surface area (Å²) in [7, 11) is 0. The first-order valence-electron chi connectivity index (χ1n) is 8.51. The summed E-state index contributed by atoms with van der Waals surface area (Å²) in [6.07, 6.45) is -2.44. The van der Waals surface area contributed by atoms with Crippen molar-refractivity contribution in [3.05, 3.63) is 71.5 Å². The van der Waals surface area contributed by atoms with Gasteiger partial charge in [0, 0.05) is 11.5 Å². The second-order valence-electron chi connectivity index (χ2n) is 6.03. The van der Waals surface area contributed by atoms with E-state index in [0.717, 1.165) is 24.3 Å². The van der Waals surface area contributed by atoms with Gasteiger partial charge in [0.1, 0.15) is 17.3 Å². The standard InChI is InChI=1S/C21H13F3N2O4/c22-21(23,24)14-5-3-4-13(10-14)8-9-19(28)29-12-18(27)26-20-15-6-1-2-7-16(15)30-17(20)11-25/h1-10H,12H2,(H,26,27). The highest BCUT2D eigenvalue weighted by atomic mass is 19.4. The Kier molecular flexibility index (Phi) is 5.88. The molecule has 0 saturated heterocycles. The number of hydrogen-bond acceptors (Lipinski definition) is 5. The molecule has 0 fully saturated rings. The summed E-state index contributed by atoms with van der Waals surface area (Å²) < 4.78 is 48.2. The molecular formula is C21H13F3N2O4. The van der Waals surface area contributed by atoms with Crippen molar-refractivity contribution in [3.8, 4) is 6.07 Å². The van der Waals surface area contributed by atoms with E-state index in [1.54, 1.807) is 24.3 Å². The number of alkyl halides is 3. The maximum Gasteiger partial charge on any atom is 0.416 e. The maximum atomic E-state index is 12.7. The van der Waals surface area contributed by atoms with Crippen molar-refractivity contribution < 1.29 is 31.9 Å². The van der Waals surface area contributed by atoms with Crippen LogP contribution in [0.4, 0.5) is 18.9 Å². The van der Waals surface area contributed by atoms with Crippen LogP contribution in [0.15, 0.2) is 59.0 Å². The SMILES string of the molecule is N#Cc1oc2ccccc2c1NC(=O)COC(=O)C=Cc1cccc(C(F)(F)F)c1. The van der Waals surface area contributed by atoms with Crippen molar-refractivity contribution in [3.63, 3.8) is 0 Å². The van der Waals surface area contributed by atoms with Gasteiger partial charge in [-0.25, -0.2) is 4.79 Å². The third kappa shape index (κ3) is 4.86. The minimum atomic E-state index is -4.50. The van der Waals surface area contributed by atoms with Gasteiger partial charge in [0.25, 0.3) is 5.91 Å². The van der Waals surface area contributed by atoms with Crippen molar-refractivity contribution in [2.24, 2.45) is 0 Å². The van der Waals surface area contributed by atoms with Gasteiger partial charge in [-0.05, 0) is 35.9 Å². The molecule has 9 heteroatoms. The number of ether oxygens (including phenoxy) is 1. The van der Waals surface area contributed by atoms with Crippen LogP contribution >= 0.6 is 0 Å². The summed E-state index contributed by atoms with van der Waals surface area (Å²) in [6, 6.07) is 12.9. The van der Waals surface area contributed by atoms with Gasteiger partial charge in [-0.15, -0.1) is 0 Å². The van der Waals surface area contributed by atoms with Crippen molar-refractivity contribution in [1.29, 1.82) is 5.26 Å². The third-order valence-electron chi connectivity index (χ3n) is 3.93. The van der Waals surface area contributed by atoms with Crippen molar-refractivity contribution >= 4 is 34.6 Å². The molecule has 0 saturated carbocycles. The second-order valence-corrected chi connectivity index (χ2v) is 6.03. The van der Waals surface area contributed by atoms with Crippen LogP contribution in [-0.4, -0.2) is 18.5 Å². The molecule has 1 amide bonds. The summed E-state index contributed by atoms with van der Waals surface area (Å²) in [5, 5.41) is 12.1. The summed E-state index contributed by atoms with van der Waals surface area (Å²) in [4.78, 5) is 23.8. The molecule has 3 rings (SSSR count). The fourth-order valence-corrected chi connectivity index (χ4v) is 2.59. The zero-order valence-electron chi connectivity index (χ0n) is 15.2. The lowest BCUT2D eigenvalue weighted by Gasteiger charge is -2.06. The maximum absolute atomic E-state index is 12.7. The first-order valence-corrected chi connectivity index (χ1v) is 8.51. The Morgan fingerprint density at radius 2 is 1.93 bits per heavy atom. The normalized spacial score (nSPS) is 11.4. The molecule has 0 aliphatic rings. The van der Waals surface area contributed by atoms with Gasteiger partial charge in [0.05, 0.1) is 5.56 Å². The van der Waals surface area contributed by atoms with E-state index in [1.807, 2.05) is 6.07 Å². The van der Waals surface area contributed by atoms with Crippen LogP contribution in [0.25, 0.3) is 17.0 Å². The van der Waals surface area contributed by atoms with Crippen molar-refractivity contribution in [2.45, 2.75) is 6.18 Å². The molecule has 0 aliphatic heterocycles. The van der Waals surface area contributed by atoms with E-state index in [0.29, 0.717) is 11.0 Å². The van der Waals surface area contributed by atoms with E-state index in [2.05, 4.69) is 5.32 Å². The molecule has 0 atom stereocenters. The number of furan rings is 1. The van der Waals surface area contributed by atoms with Crippen LogP contribution in [0.5, 0.6) is 0 Å². The number of esters is 1. The molecule has 152 valence electrons. The Balaban J connectivity index is 1.60. The van der Waals surface area contributed by atoms with Crippen molar-refractivity contribution in [1.82, 2.24) is 0 Å². The number of nitriles is 1. The molecule has 0 bridgehead atoms. The Labute approximate surface area is 168 Å². The molecule has 0 aliphatic carbocycles. The Morgan fingerprint density at radius 3 is 2.67 bits per heavy atom. The number of carbonyl (C=O) groups excluding carboxylic acids is 2. The third-order valence-corrected chi connectivity index (χ3v) is 3.93. The molecule has 2 aromatic carbocycles. The van der Waals surface area contributed by atoms with Gasteiger partial charge in [-0.1, -0.05) is 24.3 Å². The zero-order valence-corrected chi connectivity index (χ0v) is 15.2. The first kappa shape index (κ1) is 20.7. The molecule has 30 heavy (non-hydrogen) atoms. The van der Waals surface area contributed by atoms with E-state index in [9.17, 15) is 22.8 Å². The molecule has 0 unspecified atom stereocenters. The van der Waals surface area contributed by atoms with Crippen LogP contribution in [0, 0.1) is 11.3 Å². The van der Waals surface area contributed by atoms with E-state index in [1.165, 1.54) is 12.1 Å². The summed E-state index contributed by atoms with van der Waals surface area (Å²) in [5.41, 5.74) is -0.133. The lowest BCUT2D eigenvalue weighted by molar-refractivity contribution is -0.142. The Hall–Kier alpha value is -4.06. The van der Waals surface area contributed by atoms with Crippen LogP contribution in [-0.2, 0) is 20.5 Å². The number of benzene rings is 2. The zero-order chi connectivity index (χ0) is 21.7. The average Bonchev–Trinajstić information content (AvgIpc) is 3.08. The summed E-state index contributed by atoms with van der Waals surface area (Å²) in [5.74, 6) is -1.72. The minimum Gasteiger partial charge on any atom is -0.452 e. The van der Waals surface area contributed by atoms with Crippen LogP contribution in [0.3, 0.4) is 0 Å². The molecule has 1 heterocycles. The number of rotatable bonds is 5. The number of anilines is 1. The predicted molar refractivity (Wildman–Crippen MR) is 101 cm³/mol. The number of para-hydroxylation sites is 1. The minimum absolute atomic E-state index is 0.0969. The van der Waals surface area contributed by atoms with E-state index >= 15 is 0 Å². The highest BCUT2D eigenvalue weighted by Crippen LogP contribution is 2.30. The number of nitrogens with zero attached hydrogens (tertiary/aromatic N) is 1. The molecule has 0 spiro atoms. The van der Waals surface area contributed by atoms with E-state index in [-0.39, 0.29) is 17.0 Å². The summed E-state index contributed by atoms with van der Waals surface area (Å²) in [6.45, 7) is -0.657. The fourth-order valence-electron chi connectivity index (χ4n) is 2.59. The Bertz CT molecular complexity index is 1170. The van der Waals surface area contributed by atoms with Gasteiger partial charge < -0.3 is 14.5 Å². The summed E-state index contributed by atoms with van der Waals surface area (Å²) >= 11 is 0. The largest absolute Gasteiger partial charge is 0.452 e. The number of nitrogens with one attached hydrogen (secondary N) is 1. The van der Waals surface area contributed by atoms with Gasteiger partial charge in [0.15, 0.2) is 6.61 Å². The molecular weight excluding hydrogens is 401 g/mol. The monoisotopic (exact) mass is 414 g/mol. The Morgan fingerprint density at radius 1 is 1.17 bits per heavy atom. The molecule has 3 aromatic rings. The first-order chi connectivity index (χ1) is 14.3. The number of halogens is 3. The molecule has 1 N–H and O–H groups in total. The van der Waals surface area contributed by atoms with Gasteiger partial charge >= 0.3 is 12.1 Å². The second kappa shape index (κ2) is 8.53.